The Hall–Kier alpha value is -1.59. The first-order chi connectivity index (χ1) is 8.29. The Bertz CT molecular complexity index is 361. The second kappa shape index (κ2) is 5.37. The Morgan fingerprint density at radius 3 is 2.00 bits per heavy atom. The van der Waals surface area contributed by atoms with Crippen molar-refractivity contribution in [2.45, 2.75) is 52.1 Å². The van der Waals surface area contributed by atoms with Gasteiger partial charge >= 0.3 is 5.97 Å². The van der Waals surface area contributed by atoms with Gasteiger partial charge < -0.3 is 15.7 Å². The summed E-state index contributed by atoms with van der Waals surface area (Å²) in [5.74, 6) is -1.98. The topological polar surface area (TPSA) is 95.5 Å². The summed E-state index contributed by atoms with van der Waals surface area (Å²) in [6.07, 6.45) is 1.41. The van der Waals surface area contributed by atoms with Crippen molar-refractivity contribution >= 4 is 17.8 Å². The lowest BCUT2D eigenvalue weighted by Crippen LogP contribution is -2.56. The van der Waals surface area contributed by atoms with Crippen LogP contribution in [-0.2, 0) is 14.4 Å². The summed E-state index contributed by atoms with van der Waals surface area (Å²) in [5.41, 5.74) is -1.33. The first kappa shape index (κ1) is 14.5. The number of hydrogen-bond acceptors (Lipinski definition) is 3. The van der Waals surface area contributed by atoms with E-state index in [0.717, 1.165) is 6.42 Å². The minimum atomic E-state index is -1.33. The fraction of sp³-hybridized carbons (Fsp3) is 0.750. The lowest BCUT2D eigenvalue weighted by Gasteiger charge is -2.36. The van der Waals surface area contributed by atoms with Crippen molar-refractivity contribution in [3.8, 4) is 0 Å². The van der Waals surface area contributed by atoms with Crippen molar-refractivity contribution in [1.82, 2.24) is 10.6 Å². The molecule has 0 aromatic rings. The molecule has 6 nitrogen and oxygen atoms in total. The summed E-state index contributed by atoms with van der Waals surface area (Å²) in [7, 11) is 0. The van der Waals surface area contributed by atoms with Crippen LogP contribution in [0.4, 0.5) is 0 Å². The molecule has 0 bridgehead atoms. The first-order valence-electron chi connectivity index (χ1n) is 6.14. The Balaban J connectivity index is 2.59. The molecular formula is C12H20N2O4. The van der Waals surface area contributed by atoms with Gasteiger partial charge in [-0.3, -0.25) is 14.4 Å². The van der Waals surface area contributed by atoms with E-state index in [0.29, 0.717) is 12.8 Å². The Kier molecular flexibility index (Phi) is 4.32. The van der Waals surface area contributed by atoms with Crippen LogP contribution in [0.25, 0.3) is 0 Å². The molecular weight excluding hydrogens is 236 g/mol. The second-order valence-electron chi connectivity index (χ2n) is 5.10. The maximum Gasteiger partial charge on any atom is 0.319 e. The number of carbonyl (C=O) groups excluding carboxylic acids is 2. The number of aliphatic carboxylic acids is 1. The standard InChI is InChI=1S/C12H20N2O4/c1-7(2)13-9(15)8(3)14-10(16)12(11(17)18)5-4-6-12/h7-8H,4-6H2,1-3H3,(H,13,15)(H,14,16)(H,17,18). The van der Waals surface area contributed by atoms with Crippen molar-refractivity contribution in [3.63, 3.8) is 0 Å². The zero-order valence-corrected chi connectivity index (χ0v) is 10.9. The van der Waals surface area contributed by atoms with E-state index in [1.54, 1.807) is 6.92 Å². The van der Waals surface area contributed by atoms with Crippen LogP contribution in [0.2, 0.25) is 0 Å². The van der Waals surface area contributed by atoms with Gasteiger partial charge in [-0.25, -0.2) is 0 Å². The molecule has 0 aromatic heterocycles. The third-order valence-electron chi connectivity index (χ3n) is 3.22. The van der Waals surface area contributed by atoms with Gasteiger partial charge in [0, 0.05) is 6.04 Å². The molecule has 1 aliphatic rings. The smallest absolute Gasteiger partial charge is 0.319 e. The number of rotatable bonds is 5. The Morgan fingerprint density at radius 2 is 1.67 bits per heavy atom. The molecule has 0 aromatic carbocycles. The van der Waals surface area contributed by atoms with Crippen LogP contribution in [0.3, 0.4) is 0 Å². The SMILES string of the molecule is CC(C)NC(=O)C(C)NC(=O)C1(C(=O)O)CCC1. The minimum absolute atomic E-state index is 0.0195. The van der Waals surface area contributed by atoms with Crippen LogP contribution in [0, 0.1) is 5.41 Å². The van der Waals surface area contributed by atoms with Gasteiger partial charge in [-0.15, -0.1) is 0 Å². The summed E-state index contributed by atoms with van der Waals surface area (Å²) < 4.78 is 0. The highest BCUT2D eigenvalue weighted by molar-refractivity contribution is 6.04. The van der Waals surface area contributed by atoms with Crippen LogP contribution in [0.5, 0.6) is 0 Å². The predicted octanol–water partition coefficient (Wildman–Crippen LogP) is 0.271. The van der Waals surface area contributed by atoms with Gasteiger partial charge in [-0.2, -0.15) is 0 Å². The zero-order chi connectivity index (χ0) is 13.9. The average Bonchev–Trinajstić information content (AvgIpc) is 2.13. The fourth-order valence-electron chi connectivity index (χ4n) is 1.88. The van der Waals surface area contributed by atoms with E-state index in [9.17, 15) is 14.4 Å². The summed E-state index contributed by atoms with van der Waals surface area (Å²) in [4.78, 5) is 34.6. The molecule has 2 amide bonds. The zero-order valence-electron chi connectivity index (χ0n) is 10.9. The van der Waals surface area contributed by atoms with Crippen molar-refractivity contribution in [1.29, 1.82) is 0 Å². The van der Waals surface area contributed by atoms with E-state index in [1.807, 2.05) is 13.8 Å². The normalized spacial score (nSPS) is 18.7. The monoisotopic (exact) mass is 256 g/mol. The van der Waals surface area contributed by atoms with Crippen molar-refractivity contribution in [2.24, 2.45) is 5.41 Å². The maximum absolute atomic E-state index is 11.9. The van der Waals surface area contributed by atoms with Gasteiger partial charge in [0.05, 0.1) is 0 Å². The molecule has 0 spiro atoms. The van der Waals surface area contributed by atoms with Crippen LogP contribution in [0.1, 0.15) is 40.0 Å². The molecule has 0 heterocycles. The lowest BCUT2D eigenvalue weighted by molar-refractivity contribution is -0.162. The van der Waals surface area contributed by atoms with Gasteiger partial charge in [-0.1, -0.05) is 6.42 Å². The minimum Gasteiger partial charge on any atom is -0.480 e. The molecule has 1 unspecified atom stereocenters. The third kappa shape index (κ3) is 2.80. The van der Waals surface area contributed by atoms with Crippen LogP contribution in [0.15, 0.2) is 0 Å². The highest BCUT2D eigenvalue weighted by atomic mass is 16.4. The molecule has 1 aliphatic carbocycles. The number of carboxylic acids is 1. The molecule has 102 valence electrons. The van der Waals surface area contributed by atoms with Gasteiger partial charge in [-0.05, 0) is 33.6 Å². The average molecular weight is 256 g/mol. The molecule has 0 radical (unpaired) electrons. The Labute approximate surface area is 106 Å². The highest BCUT2D eigenvalue weighted by Crippen LogP contribution is 2.41. The van der Waals surface area contributed by atoms with E-state index in [1.165, 1.54) is 0 Å². The summed E-state index contributed by atoms with van der Waals surface area (Å²) in [6.45, 7) is 5.18. The summed E-state index contributed by atoms with van der Waals surface area (Å²) >= 11 is 0. The van der Waals surface area contributed by atoms with Crippen molar-refractivity contribution in [2.75, 3.05) is 0 Å². The van der Waals surface area contributed by atoms with Crippen molar-refractivity contribution < 1.29 is 19.5 Å². The summed E-state index contributed by atoms with van der Waals surface area (Å²) in [5, 5.41) is 14.2. The first-order valence-corrected chi connectivity index (χ1v) is 6.14. The van der Waals surface area contributed by atoms with Gasteiger partial charge in [0.15, 0.2) is 0 Å². The number of nitrogens with one attached hydrogen (secondary N) is 2. The number of amides is 2. The number of carboxylic acid groups (broad SMARTS) is 1. The number of hydrogen-bond donors (Lipinski definition) is 3. The highest BCUT2D eigenvalue weighted by Gasteiger charge is 2.51. The van der Waals surface area contributed by atoms with Crippen molar-refractivity contribution in [3.05, 3.63) is 0 Å². The van der Waals surface area contributed by atoms with Gasteiger partial charge in [0.2, 0.25) is 11.8 Å². The number of carbonyl (C=O) groups is 3. The molecule has 0 saturated heterocycles. The van der Waals surface area contributed by atoms with Crippen LogP contribution < -0.4 is 10.6 Å². The van der Waals surface area contributed by atoms with Gasteiger partial charge in [0.25, 0.3) is 0 Å². The lowest BCUT2D eigenvalue weighted by atomic mass is 9.68. The molecule has 3 N–H and O–H groups in total. The Morgan fingerprint density at radius 1 is 1.11 bits per heavy atom. The summed E-state index contributed by atoms with van der Waals surface area (Å²) in [6, 6.07) is -0.745. The van der Waals surface area contributed by atoms with E-state index in [2.05, 4.69) is 10.6 Å². The van der Waals surface area contributed by atoms with E-state index in [-0.39, 0.29) is 11.9 Å². The van der Waals surface area contributed by atoms with Gasteiger partial charge in [0.1, 0.15) is 11.5 Å². The molecule has 0 aliphatic heterocycles. The molecule has 6 heteroatoms. The predicted molar refractivity (Wildman–Crippen MR) is 64.8 cm³/mol. The van der Waals surface area contributed by atoms with E-state index in [4.69, 9.17) is 5.11 Å². The molecule has 1 atom stereocenters. The van der Waals surface area contributed by atoms with Crippen LogP contribution >= 0.6 is 0 Å². The van der Waals surface area contributed by atoms with E-state index < -0.39 is 23.3 Å². The fourth-order valence-corrected chi connectivity index (χ4v) is 1.88. The van der Waals surface area contributed by atoms with Crippen LogP contribution in [-0.4, -0.2) is 35.0 Å². The maximum atomic E-state index is 11.9. The molecule has 18 heavy (non-hydrogen) atoms. The molecule has 1 saturated carbocycles. The third-order valence-corrected chi connectivity index (χ3v) is 3.22. The second-order valence-corrected chi connectivity index (χ2v) is 5.10. The molecule has 1 fully saturated rings. The quantitative estimate of drug-likeness (QED) is 0.615. The van der Waals surface area contributed by atoms with E-state index >= 15 is 0 Å². The largest absolute Gasteiger partial charge is 0.480 e. The molecule has 1 rings (SSSR count).